The van der Waals surface area contributed by atoms with E-state index in [1.54, 1.807) is 0 Å². The Labute approximate surface area is 137 Å². The predicted octanol–water partition coefficient (Wildman–Crippen LogP) is 3.13. The lowest BCUT2D eigenvalue weighted by Gasteiger charge is -2.03. The maximum Gasteiger partial charge on any atom is 0.120 e. The van der Waals surface area contributed by atoms with E-state index in [-0.39, 0.29) is 0 Å². The lowest BCUT2D eigenvalue weighted by atomic mass is 10.2. The Hall–Kier alpha value is -1.92. The SMILES string of the molecule is Cc1cnn(CCNCc2ncc(-c3cccc(Br)c3)[nH]2)c1. The first-order valence-corrected chi connectivity index (χ1v) is 7.99. The topological polar surface area (TPSA) is 58.5 Å². The summed E-state index contributed by atoms with van der Waals surface area (Å²) in [5.74, 6) is 0.937. The summed E-state index contributed by atoms with van der Waals surface area (Å²) in [5.41, 5.74) is 3.34. The zero-order valence-electron chi connectivity index (χ0n) is 12.4. The minimum Gasteiger partial charge on any atom is -0.341 e. The monoisotopic (exact) mass is 359 g/mol. The number of rotatable bonds is 6. The van der Waals surface area contributed by atoms with Crippen LogP contribution in [0, 0.1) is 6.92 Å². The Morgan fingerprint density at radius 2 is 2.23 bits per heavy atom. The molecule has 0 aliphatic heterocycles. The maximum atomic E-state index is 4.42. The van der Waals surface area contributed by atoms with Gasteiger partial charge in [0.2, 0.25) is 0 Å². The summed E-state index contributed by atoms with van der Waals surface area (Å²) in [5, 5.41) is 7.63. The molecule has 5 nitrogen and oxygen atoms in total. The van der Waals surface area contributed by atoms with Gasteiger partial charge in [0, 0.05) is 22.8 Å². The molecule has 0 bridgehead atoms. The number of aryl methyl sites for hydroxylation is 1. The molecule has 0 aliphatic carbocycles. The average molecular weight is 360 g/mol. The van der Waals surface area contributed by atoms with Crippen molar-refractivity contribution < 1.29 is 0 Å². The molecule has 0 aliphatic rings. The van der Waals surface area contributed by atoms with Crippen LogP contribution in [-0.4, -0.2) is 26.3 Å². The molecular weight excluding hydrogens is 342 g/mol. The quantitative estimate of drug-likeness (QED) is 0.664. The van der Waals surface area contributed by atoms with Gasteiger partial charge >= 0.3 is 0 Å². The van der Waals surface area contributed by atoms with Gasteiger partial charge in [0.25, 0.3) is 0 Å². The van der Waals surface area contributed by atoms with Gasteiger partial charge < -0.3 is 10.3 Å². The van der Waals surface area contributed by atoms with Crippen LogP contribution in [0.2, 0.25) is 0 Å². The molecule has 0 saturated carbocycles. The zero-order chi connectivity index (χ0) is 15.4. The van der Waals surface area contributed by atoms with Crippen LogP contribution in [0.3, 0.4) is 0 Å². The van der Waals surface area contributed by atoms with Crippen LogP contribution in [0.15, 0.2) is 47.3 Å². The summed E-state index contributed by atoms with van der Waals surface area (Å²) in [7, 11) is 0. The second-order valence-corrected chi connectivity index (χ2v) is 6.13. The molecule has 0 fully saturated rings. The lowest BCUT2D eigenvalue weighted by Crippen LogP contribution is -2.20. The third kappa shape index (κ3) is 3.84. The van der Waals surface area contributed by atoms with E-state index in [2.05, 4.69) is 48.4 Å². The van der Waals surface area contributed by atoms with Crippen molar-refractivity contribution >= 4 is 15.9 Å². The number of nitrogens with zero attached hydrogens (tertiary/aromatic N) is 3. The highest BCUT2D eigenvalue weighted by molar-refractivity contribution is 9.10. The van der Waals surface area contributed by atoms with Crippen LogP contribution >= 0.6 is 15.9 Å². The normalized spacial score (nSPS) is 11.0. The highest BCUT2D eigenvalue weighted by atomic mass is 79.9. The molecule has 0 unspecified atom stereocenters. The summed E-state index contributed by atoms with van der Waals surface area (Å²) in [6.07, 6.45) is 5.78. The van der Waals surface area contributed by atoms with Gasteiger partial charge in [0.15, 0.2) is 0 Å². The first-order valence-electron chi connectivity index (χ1n) is 7.20. The van der Waals surface area contributed by atoms with E-state index in [4.69, 9.17) is 0 Å². The third-order valence-electron chi connectivity index (χ3n) is 3.34. The summed E-state index contributed by atoms with van der Waals surface area (Å²) in [6, 6.07) is 8.17. The molecule has 2 aromatic heterocycles. The fraction of sp³-hybridized carbons (Fsp3) is 0.250. The molecule has 3 rings (SSSR count). The van der Waals surface area contributed by atoms with E-state index in [0.717, 1.165) is 34.6 Å². The van der Waals surface area contributed by atoms with Crippen molar-refractivity contribution in [3.8, 4) is 11.3 Å². The van der Waals surface area contributed by atoms with Gasteiger partial charge in [-0.2, -0.15) is 5.10 Å². The van der Waals surface area contributed by atoms with E-state index in [0.29, 0.717) is 6.54 Å². The fourth-order valence-electron chi connectivity index (χ4n) is 2.24. The van der Waals surface area contributed by atoms with E-state index in [1.165, 1.54) is 5.56 Å². The molecule has 0 atom stereocenters. The van der Waals surface area contributed by atoms with Gasteiger partial charge in [-0.1, -0.05) is 28.1 Å². The standard InChI is InChI=1S/C16H18BrN5/c1-12-8-20-22(11-12)6-5-18-10-16-19-9-15(21-16)13-3-2-4-14(17)7-13/h2-4,7-9,11,18H,5-6,10H2,1H3,(H,19,21). The Morgan fingerprint density at radius 1 is 1.32 bits per heavy atom. The van der Waals surface area contributed by atoms with Crippen LogP contribution in [-0.2, 0) is 13.1 Å². The van der Waals surface area contributed by atoms with Crippen molar-refractivity contribution in [2.24, 2.45) is 0 Å². The van der Waals surface area contributed by atoms with Crippen LogP contribution in [0.25, 0.3) is 11.3 Å². The molecule has 0 spiro atoms. The number of hydrogen-bond donors (Lipinski definition) is 2. The van der Waals surface area contributed by atoms with E-state index in [9.17, 15) is 0 Å². The summed E-state index contributed by atoms with van der Waals surface area (Å²) >= 11 is 3.49. The molecule has 0 radical (unpaired) electrons. The van der Waals surface area contributed by atoms with Gasteiger partial charge in [-0.3, -0.25) is 4.68 Å². The van der Waals surface area contributed by atoms with Gasteiger partial charge in [-0.15, -0.1) is 0 Å². The molecule has 2 heterocycles. The van der Waals surface area contributed by atoms with Crippen LogP contribution in [0.1, 0.15) is 11.4 Å². The maximum absolute atomic E-state index is 4.42. The molecule has 22 heavy (non-hydrogen) atoms. The summed E-state index contributed by atoms with van der Waals surface area (Å²) < 4.78 is 3.01. The Balaban J connectivity index is 1.51. The van der Waals surface area contributed by atoms with Crippen LogP contribution in [0.4, 0.5) is 0 Å². The summed E-state index contributed by atoms with van der Waals surface area (Å²) in [6.45, 7) is 4.47. The minimum atomic E-state index is 0.717. The minimum absolute atomic E-state index is 0.717. The first-order chi connectivity index (χ1) is 10.7. The predicted molar refractivity (Wildman–Crippen MR) is 90.4 cm³/mol. The van der Waals surface area contributed by atoms with Crippen molar-refractivity contribution in [1.82, 2.24) is 25.1 Å². The zero-order valence-corrected chi connectivity index (χ0v) is 14.0. The number of hydrogen-bond acceptors (Lipinski definition) is 3. The molecular formula is C16H18BrN5. The molecule has 6 heteroatoms. The number of H-pyrrole nitrogens is 1. The number of aromatic amines is 1. The largest absolute Gasteiger partial charge is 0.341 e. The van der Waals surface area contributed by atoms with E-state index in [1.807, 2.05) is 42.3 Å². The highest BCUT2D eigenvalue weighted by Gasteiger charge is 2.03. The summed E-state index contributed by atoms with van der Waals surface area (Å²) in [4.78, 5) is 7.76. The number of nitrogens with one attached hydrogen (secondary N) is 2. The Bertz CT molecular complexity index is 746. The average Bonchev–Trinajstić information content (AvgIpc) is 3.13. The van der Waals surface area contributed by atoms with Gasteiger partial charge in [0.05, 0.1) is 31.2 Å². The van der Waals surface area contributed by atoms with Gasteiger partial charge in [0.1, 0.15) is 5.82 Å². The Kier molecular flexibility index (Phi) is 4.70. The van der Waals surface area contributed by atoms with Gasteiger partial charge in [-0.05, 0) is 24.6 Å². The van der Waals surface area contributed by atoms with E-state index < -0.39 is 0 Å². The number of benzene rings is 1. The molecule has 0 amide bonds. The molecule has 3 aromatic rings. The first kappa shape index (κ1) is 15.0. The van der Waals surface area contributed by atoms with Crippen molar-refractivity contribution in [3.05, 3.63) is 58.7 Å². The number of halogens is 1. The van der Waals surface area contributed by atoms with Crippen LogP contribution in [0.5, 0.6) is 0 Å². The van der Waals surface area contributed by atoms with Crippen molar-refractivity contribution in [2.75, 3.05) is 6.54 Å². The molecule has 114 valence electrons. The molecule has 0 saturated heterocycles. The van der Waals surface area contributed by atoms with Crippen molar-refractivity contribution in [2.45, 2.75) is 20.0 Å². The van der Waals surface area contributed by atoms with Crippen molar-refractivity contribution in [3.63, 3.8) is 0 Å². The Morgan fingerprint density at radius 3 is 3.00 bits per heavy atom. The van der Waals surface area contributed by atoms with Crippen LogP contribution < -0.4 is 5.32 Å². The molecule has 1 aromatic carbocycles. The fourth-order valence-corrected chi connectivity index (χ4v) is 2.64. The number of aromatic nitrogens is 4. The molecule has 2 N–H and O–H groups in total. The smallest absolute Gasteiger partial charge is 0.120 e. The number of imidazole rings is 1. The lowest BCUT2D eigenvalue weighted by molar-refractivity contribution is 0.548. The second kappa shape index (κ2) is 6.89. The van der Waals surface area contributed by atoms with Crippen molar-refractivity contribution in [1.29, 1.82) is 0 Å². The van der Waals surface area contributed by atoms with Gasteiger partial charge in [-0.25, -0.2) is 4.98 Å². The third-order valence-corrected chi connectivity index (χ3v) is 3.83. The second-order valence-electron chi connectivity index (χ2n) is 5.21. The van der Waals surface area contributed by atoms with E-state index >= 15 is 0 Å². The highest BCUT2D eigenvalue weighted by Crippen LogP contribution is 2.21.